The Morgan fingerprint density at radius 1 is 1.56 bits per heavy atom. The zero-order valence-electron chi connectivity index (χ0n) is 5.25. The van der Waals surface area contributed by atoms with E-state index in [9.17, 15) is 9.59 Å². The first-order valence-corrected chi connectivity index (χ1v) is 2.34. The molecular formula is C5H7NO3. The average molecular weight is 129 g/mol. The normalized spacial score (nSPS) is 10.7. The fourth-order valence-electron chi connectivity index (χ4n) is 0.158. The Labute approximate surface area is 52.5 Å². The van der Waals surface area contributed by atoms with E-state index in [2.05, 4.69) is 9.99 Å². The van der Waals surface area contributed by atoms with Crippen LogP contribution in [0.15, 0.2) is 5.16 Å². The van der Waals surface area contributed by atoms with Crippen LogP contribution in [0.5, 0.6) is 0 Å². The molecule has 0 radical (unpaired) electrons. The number of hydrogen-bond acceptors (Lipinski definition) is 4. The number of aldehydes is 1. The number of carbonyl (C=O) groups excluding carboxylic acids is 2. The van der Waals surface area contributed by atoms with Gasteiger partial charge in [-0.05, 0) is 6.92 Å². The van der Waals surface area contributed by atoms with Crippen LogP contribution in [-0.2, 0) is 14.4 Å². The van der Waals surface area contributed by atoms with Gasteiger partial charge in [0, 0.05) is 6.92 Å². The van der Waals surface area contributed by atoms with Gasteiger partial charge in [-0.3, -0.25) is 4.79 Å². The van der Waals surface area contributed by atoms with Crippen molar-refractivity contribution in [2.24, 2.45) is 5.16 Å². The quantitative estimate of drug-likeness (QED) is 0.230. The lowest BCUT2D eigenvalue weighted by molar-refractivity contribution is -0.140. The lowest BCUT2D eigenvalue weighted by atomic mass is 10.5. The van der Waals surface area contributed by atoms with Crippen LogP contribution in [-0.4, -0.2) is 18.0 Å². The van der Waals surface area contributed by atoms with E-state index in [0.29, 0.717) is 6.29 Å². The molecular weight excluding hydrogens is 122 g/mol. The molecule has 0 unspecified atom stereocenters. The molecule has 0 aromatic rings. The summed E-state index contributed by atoms with van der Waals surface area (Å²) in [7, 11) is 0. The number of carbonyl (C=O) groups is 2. The van der Waals surface area contributed by atoms with E-state index in [4.69, 9.17) is 0 Å². The monoisotopic (exact) mass is 129 g/mol. The fraction of sp³-hybridized carbons (Fsp3) is 0.400. The zero-order chi connectivity index (χ0) is 7.28. The lowest BCUT2D eigenvalue weighted by Gasteiger charge is -1.87. The van der Waals surface area contributed by atoms with E-state index in [1.54, 1.807) is 0 Å². The van der Waals surface area contributed by atoms with Gasteiger partial charge in [0.25, 0.3) is 0 Å². The maximum absolute atomic E-state index is 10.0. The maximum atomic E-state index is 10.0. The summed E-state index contributed by atoms with van der Waals surface area (Å²) in [6, 6.07) is 0. The van der Waals surface area contributed by atoms with Crippen LogP contribution in [0, 0.1) is 0 Å². The largest absolute Gasteiger partial charge is 0.331 e. The molecule has 0 aromatic heterocycles. The number of oxime groups is 1. The molecule has 0 saturated heterocycles. The van der Waals surface area contributed by atoms with Crippen LogP contribution >= 0.6 is 0 Å². The summed E-state index contributed by atoms with van der Waals surface area (Å²) < 4.78 is 0. The smallest absolute Gasteiger partial charge is 0.318 e. The second kappa shape index (κ2) is 3.77. The fourth-order valence-corrected chi connectivity index (χ4v) is 0.158. The van der Waals surface area contributed by atoms with Crippen LogP contribution < -0.4 is 0 Å². The topological polar surface area (TPSA) is 55.7 Å². The van der Waals surface area contributed by atoms with Crippen LogP contribution in [0.1, 0.15) is 13.8 Å². The maximum Gasteiger partial charge on any atom is 0.331 e. The van der Waals surface area contributed by atoms with Gasteiger partial charge in [-0.2, -0.15) is 0 Å². The van der Waals surface area contributed by atoms with E-state index in [-0.39, 0.29) is 5.71 Å². The molecule has 0 bridgehead atoms. The standard InChI is InChI=1S/C5H7NO3/c1-4(3-7)6-9-5(2)8/h3H,1-2H3. The molecule has 0 amide bonds. The van der Waals surface area contributed by atoms with Crippen molar-refractivity contribution in [3.05, 3.63) is 0 Å². The molecule has 0 rings (SSSR count). The Morgan fingerprint density at radius 3 is 2.44 bits per heavy atom. The molecule has 4 nitrogen and oxygen atoms in total. The summed E-state index contributed by atoms with van der Waals surface area (Å²) in [6.07, 6.45) is 0.503. The van der Waals surface area contributed by atoms with E-state index in [1.165, 1.54) is 13.8 Å². The lowest BCUT2D eigenvalue weighted by Crippen LogP contribution is -1.97. The molecule has 0 aliphatic heterocycles. The third-order valence-corrected chi connectivity index (χ3v) is 0.489. The van der Waals surface area contributed by atoms with Crippen LogP contribution in [0.25, 0.3) is 0 Å². The van der Waals surface area contributed by atoms with Crippen molar-refractivity contribution in [3.8, 4) is 0 Å². The highest BCUT2D eigenvalue weighted by Gasteiger charge is 1.89. The molecule has 50 valence electrons. The third kappa shape index (κ3) is 4.67. The highest BCUT2D eigenvalue weighted by molar-refractivity contribution is 6.26. The Morgan fingerprint density at radius 2 is 2.11 bits per heavy atom. The zero-order valence-corrected chi connectivity index (χ0v) is 5.25. The molecule has 0 saturated carbocycles. The van der Waals surface area contributed by atoms with Gasteiger partial charge in [-0.15, -0.1) is 0 Å². The molecule has 0 aliphatic carbocycles. The van der Waals surface area contributed by atoms with Gasteiger partial charge in [0.1, 0.15) is 5.71 Å². The predicted molar refractivity (Wildman–Crippen MR) is 30.9 cm³/mol. The van der Waals surface area contributed by atoms with Crippen molar-refractivity contribution in [1.82, 2.24) is 0 Å². The van der Waals surface area contributed by atoms with Gasteiger partial charge >= 0.3 is 5.97 Å². The summed E-state index contributed by atoms with van der Waals surface area (Å²) in [5.74, 6) is -0.531. The molecule has 9 heavy (non-hydrogen) atoms. The Kier molecular flexibility index (Phi) is 3.27. The van der Waals surface area contributed by atoms with Crippen molar-refractivity contribution in [3.63, 3.8) is 0 Å². The molecule has 4 heteroatoms. The van der Waals surface area contributed by atoms with Crippen LogP contribution in [0.2, 0.25) is 0 Å². The summed E-state index contributed by atoms with van der Waals surface area (Å²) >= 11 is 0. The first kappa shape index (κ1) is 7.81. The minimum Gasteiger partial charge on any atom is -0.318 e. The van der Waals surface area contributed by atoms with E-state index in [0.717, 1.165) is 0 Å². The molecule has 0 atom stereocenters. The first-order chi connectivity index (χ1) is 4.16. The average Bonchev–Trinajstić information content (AvgIpc) is 1.83. The molecule has 0 heterocycles. The molecule has 0 N–H and O–H groups in total. The van der Waals surface area contributed by atoms with Gasteiger partial charge in [0.15, 0.2) is 6.29 Å². The minimum absolute atomic E-state index is 0.144. The Hall–Kier alpha value is -1.19. The SMILES string of the molecule is CC(=O)ON=C(C)C=O. The first-order valence-electron chi connectivity index (χ1n) is 2.34. The van der Waals surface area contributed by atoms with E-state index >= 15 is 0 Å². The Balaban J connectivity index is 3.69. The molecule has 0 aromatic carbocycles. The Bertz CT molecular complexity index is 150. The summed E-state index contributed by atoms with van der Waals surface area (Å²) in [5, 5.41) is 3.14. The molecule has 0 spiro atoms. The number of hydrogen-bond donors (Lipinski definition) is 0. The van der Waals surface area contributed by atoms with Gasteiger partial charge in [-0.25, -0.2) is 4.79 Å². The van der Waals surface area contributed by atoms with E-state index in [1.807, 2.05) is 0 Å². The van der Waals surface area contributed by atoms with Crippen molar-refractivity contribution < 1.29 is 14.4 Å². The van der Waals surface area contributed by atoms with Crippen molar-refractivity contribution in [2.75, 3.05) is 0 Å². The number of nitrogens with zero attached hydrogens (tertiary/aromatic N) is 1. The van der Waals surface area contributed by atoms with Crippen molar-refractivity contribution in [2.45, 2.75) is 13.8 Å². The van der Waals surface area contributed by atoms with E-state index < -0.39 is 5.97 Å². The minimum atomic E-state index is -0.531. The van der Waals surface area contributed by atoms with Crippen LogP contribution in [0.4, 0.5) is 0 Å². The predicted octanol–water partition coefficient (Wildman–Crippen LogP) is 0.124. The third-order valence-electron chi connectivity index (χ3n) is 0.489. The van der Waals surface area contributed by atoms with Gasteiger partial charge in [-0.1, -0.05) is 5.16 Å². The highest BCUT2D eigenvalue weighted by Crippen LogP contribution is 1.77. The van der Waals surface area contributed by atoms with Crippen LogP contribution in [0.3, 0.4) is 0 Å². The second-order valence-electron chi connectivity index (χ2n) is 1.43. The second-order valence-corrected chi connectivity index (χ2v) is 1.43. The summed E-state index contributed by atoms with van der Waals surface area (Å²) in [5.41, 5.74) is 0.144. The summed E-state index contributed by atoms with van der Waals surface area (Å²) in [6.45, 7) is 2.65. The van der Waals surface area contributed by atoms with Crippen molar-refractivity contribution in [1.29, 1.82) is 0 Å². The number of rotatable bonds is 2. The van der Waals surface area contributed by atoms with Gasteiger partial charge in [0.2, 0.25) is 0 Å². The highest BCUT2D eigenvalue weighted by atomic mass is 16.7. The molecule has 0 fully saturated rings. The van der Waals surface area contributed by atoms with Crippen molar-refractivity contribution >= 4 is 18.0 Å². The van der Waals surface area contributed by atoms with Gasteiger partial charge < -0.3 is 4.84 Å². The molecule has 0 aliphatic rings. The summed E-state index contributed by atoms with van der Waals surface area (Å²) in [4.78, 5) is 23.9. The van der Waals surface area contributed by atoms with Gasteiger partial charge in [0.05, 0.1) is 0 Å².